The Kier molecular flexibility index (Phi) is 4.02. The van der Waals surface area contributed by atoms with Crippen LogP contribution in [-0.4, -0.2) is 17.4 Å². The zero-order valence-corrected chi connectivity index (χ0v) is 11.1. The average molecular weight is 272 g/mol. The van der Waals surface area contributed by atoms with Crippen LogP contribution < -0.4 is 0 Å². The third-order valence-electron chi connectivity index (χ3n) is 2.73. The summed E-state index contributed by atoms with van der Waals surface area (Å²) in [5, 5.41) is 8.83. The van der Waals surface area contributed by atoms with Gasteiger partial charge in [-0.1, -0.05) is 23.9 Å². The van der Waals surface area contributed by atoms with Gasteiger partial charge in [-0.05, 0) is 42.8 Å². The maximum atomic E-state index is 11.1. The summed E-state index contributed by atoms with van der Waals surface area (Å²) in [7, 11) is 0. The van der Waals surface area contributed by atoms with Crippen LogP contribution in [0.2, 0.25) is 0 Å². The number of aldehydes is 1. The third kappa shape index (κ3) is 3.03. The molecule has 0 spiro atoms. The summed E-state index contributed by atoms with van der Waals surface area (Å²) >= 11 is 1.45. The number of benzene rings is 2. The highest BCUT2D eigenvalue weighted by atomic mass is 32.2. The van der Waals surface area contributed by atoms with Crippen LogP contribution in [0.4, 0.5) is 0 Å². The van der Waals surface area contributed by atoms with Gasteiger partial charge in [-0.3, -0.25) is 4.79 Å². The van der Waals surface area contributed by atoms with Crippen molar-refractivity contribution < 1.29 is 14.7 Å². The number of aryl methyl sites for hydroxylation is 1. The van der Waals surface area contributed by atoms with Gasteiger partial charge in [0.2, 0.25) is 0 Å². The molecule has 1 N–H and O–H groups in total. The number of carboxylic acids is 1. The maximum Gasteiger partial charge on any atom is 0.335 e. The van der Waals surface area contributed by atoms with Crippen LogP contribution in [0.25, 0.3) is 0 Å². The Morgan fingerprint density at radius 2 is 1.84 bits per heavy atom. The van der Waals surface area contributed by atoms with Crippen LogP contribution in [0.3, 0.4) is 0 Å². The maximum absolute atomic E-state index is 11.1. The number of aromatic carboxylic acids is 1. The van der Waals surface area contributed by atoms with E-state index in [1.807, 2.05) is 25.1 Å². The molecule has 0 aliphatic heterocycles. The van der Waals surface area contributed by atoms with E-state index in [0.717, 1.165) is 21.6 Å². The fourth-order valence-corrected chi connectivity index (χ4v) is 2.68. The zero-order valence-electron chi connectivity index (χ0n) is 10.3. The van der Waals surface area contributed by atoms with E-state index in [9.17, 15) is 9.59 Å². The molecule has 0 aromatic heterocycles. The Morgan fingerprint density at radius 3 is 2.42 bits per heavy atom. The molecule has 4 heteroatoms. The topological polar surface area (TPSA) is 54.4 Å². The molecule has 2 aromatic carbocycles. The van der Waals surface area contributed by atoms with Gasteiger partial charge < -0.3 is 5.11 Å². The molecule has 2 rings (SSSR count). The van der Waals surface area contributed by atoms with E-state index in [2.05, 4.69) is 0 Å². The first-order chi connectivity index (χ1) is 9.11. The average Bonchev–Trinajstić information content (AvgIpc) is 2.39. The molecule has 2 aromatic rings. The number of hydrogen-bond donors (Lipinski definition) is 1. The predicted octanol–water partition coefficient (Wildman–Crippen LogP) is 3.66. The molecule has 3 nitrogen and oxygen atoms in total. The van der Waals surface area contributed by atoms with Gasteiger partial charge >= 0.3 is 5.97 Å². The summed E-state index contributed by atoms with van der Waals surface area (Å²) in [5.74, 6) is -0.944. The lowest BCUT2D eigenvalue weighted by atomic mass is 10.1. The number of hydrogen-bond acceptors (Lipinski definition) is 3. The van der Waals surface area contributed by atoms with Gasteiger partial charge in [0.05, 0.1) is 5.56 Å². The summed E-state index contributed by atoms with van der Waals surface area (Å²) in [6, 6.07) is 12.3. The molecule has 0 fully saturated rings. The van der Waals surface area contributed by atoms with E-state index >= 15 is 0 Å². The van der Waals surface area contributed by atoms with E-state index in [-0.39, 0.29) is 5.56 Å². The first-order valence-corrected chi connectivity index (χ1v) is 6.49. The Bertz CT molecular complexity index is 618. The van der Waals surface area contributed by atoms with Crippen LogP contribution in [0.1, 0.15) is 26.3 Å². The Balaban J connectivity index is 2.28. The molecule has 0 aliphatic rings. The van der Waals surface area contributed by atoms with Gasteiger partial charge in [0.1, 0.15) is 0 Å². The number of carboxylic acid groups (broad SMARTS) is 1. The van der Waals surface area contributed by atoms with Crippen molar-refractivity contribution in [2.24, 2.45) is 0 Å². The molecule has 0 bridgehead atoms. The molecule has 0 amide bonds. The quantitative estimate of drug-likeness (QED) is 0.863. The van der Waals surface area contributed by atoms with E-state index in [1.165, 1.54) is 11.8 Å². The lowest BCUT2D eigenvalue weighted by Crippen LogP contribution is -1.95. The molecular weight excluding hydrogens is 260 g/mol. The van der Waals surface area contributed by atoms with Gasteiger partial charge in [-0.25, -0.2) is 4.79 Å². The smallest absolute Gasteiger partial charge is 0.335 e. The monoisotopic (exact) mass is 272 g/mol. The van der Waals surface area contributed by atoms with Crippen molar-refractivity contribution >= 4 is 24.0 Å². The van der Waals surface area contributed by atoms with Crippen molar-refractivity contribution in [1.29, 1.82) is 0 Å². The van der Waals surface area contributed by atoms with Crippen LogP contribution in [0, 0.1) is 6.92 Å². The minimum atomic E-state index is -0.944. The Hall–Kier alpha value is -2.07. The molecule has 0 saturated heterocycles. The fourth-order valence-electron chi connectivity index (χ4n) is 1.69. The second-order valence-electron chi connectivity index (χ2n) is 4.04. The van der Waals surface area contributed by atoms with Crippen molar-refractivity contribution in [2.45, 2.75) is 16.7 Å². The highest BCUT2D eigenvalue weighted by molar-refractivity contribution is 7.99. The Labute approximate surface area is 115 Å². The summed E-state index contributed by atoms with van der Waals surface area (Å²) in [4.78, 5) is 23.6. The second-order valence-corrected chi connectivity index (χ2v) is 5.15. The first kappa shape index (κ1) is 13.4. The van der Waals surface area contributed by atoms with Gasteiger partial charge in [0, 0.05) is 15.4 Å². The first-order valence-electron chi connectivity index (χ1n) is 5.68. The molecule has 0 unspecified atom stereocenters. The normalized spacial score (nSPS) is 10.2. The molecule has 0 heterocycles. The van der Waals surface area contributed by atoms with Crippen molar-refractivity contribution in [3.8, 4) is 0 Å². The summed E-state index contributed by atoms with van der Waals surface area (Å²) in [6.07, 6.45) is 0.850. The Morgan fingerprint density at radius 1 is 1.16 bits per heavy atom. The number of carbonyl (C=O) groups is 2. The zero-order chi connectivity index (χ0) is 13.8. The van der Waals surface area contributed by atoms with E-state index in [4.69, 9.17) is 5.11 Å². The van der Waals surface area contributed by atoms with E-state index in [1.54, 1.807) is 24.3 Å². The molecule has 0 radical (unpaired) electrons. The summed E-state index contributed by atoms with van der Waals surface area (Å²) in [5.41, 5.74) is 1.86. The highest BCUT2D eigenvalue weighted by Crippen LogP contribution is 2.31. The van der Waals surface area contributed by atoms with Crippen LogP contribution in [0.15, 0.2) is 52.3 Å². The van der Waals surface area contributed by atoms with Crippen LogP contribution >= 0.6 is 11.8 Å². The van der Waals surface area contributed by atoms with Crippen molar-refractivity contribution in [3.63, 3.8) is 0 Å². The van der Waals surface area contributed by atoms with Crippen LogP contribution in [-0.2, 0) is 0 Å². The summed E-state index contributed by atoms with van der Waals surface area (Å²) < 4.78 is 0. The summed E-state index contributed by atoms with van der Waals surface area (Å²) in [6.45, 7) is 1.89. The molecular formula is C15H12O3S. The predicted molar refractivity (Wildman–Crippen MR) is 74.1 cm³/mol. The number of rotatable bonds is 4. The van der Waals surface area contributed by atoms with Gasteiger partial charge in [0.15, 0.2) is 6.29 Å². The lowest BCUT2D eigenvalue weighted by molar-refractivity contribution is 0.0696. The van der Waals surface area contributed by atoms with Crippen molar-refractivity contribution in [3.05, 3.63) is 59.2 Å². The van der Waals surface area contributed by atoms with E-state index in [0.29, 0.717) is 5.56 Å². The fraction of sp³-hybridized carbons (Fsp3) is 0.0667. The third-order valence-corrected chi connectivity index (χ3v) is 3.81. The minimum absolute atomic E-state index is 0.254. The second kappa shape index (κ2) is 5.71. The van der Waals surface area contributed by atoms with Gasteiger partial charge in [0.25, 0.3) is 0 Å². The lowest BCUT2D eigenvalue weighted by Gasteiger charge is -2.07. The molecule has 0 aliphatic carbocycles. The number of carbonyl (C=O) groups excluding carboxylic acids is 1. The minimum Gasteiger partial charge on any atom is -0.478 e. The van der Waals surface area contributed by atoms with E-state index < -0.39 is 5.97 Å². The van der Waals surface area contributed by atoms with Gasteiger partial charge in [-0.15, -0.1) is 0 Å². The molecule has 96 valence electrons. The van der Waals surface area contributed by atoms with Gasteiger partial charge in [-0.2, -0.15) is 0 Å². The molecule has 0 saturated carbocycles. The molecule has 0 atom stereocenters. The van der Waals surface area contributed by atoms with Crippen molar-refractivity contribution in [1.82, 2.24) is 0 Å². The van der Waals surface area contributed by atoms with Crippen LogP contribution in [0.5, 0.6) is 0 Å². The SMILES string of the molecule is Cc1cccc(Sc2ccc(C(=O)O)cc2)c1C=O. The highest BCUT2D eigenvalue weighted by Gasteiger charge is 2.07. The largest absolute Gasteiger partial charge is 0.478 e. The standard InChI is InChI=1S/C15H12O3S/c1-10-3-2-4-14(13(10)9-16)19-12-7-5-11(6-8-12)15(17)18/h2-9H,1H3,(H,17,18). The molecule has 19 heavy (non-hydrogen) atoms. The van der Waals surface area contributed by atoms with Crippen molar-refractivity contribution in [2.75, 3.05) is 0 Å².